The molecule has 16 heavy (non-hydrogen) atoms. The third-order valence-corrected chi connectivity index (χ3v) is 2.07. The molecule has 0 aliphatic heterocycles. The van der Waals surface area contributed by atoms with E-state index in [-0.39, 0.29) is 16.7 Å². The summed E-state index contributed by atoms with van der Waals surface area (Å²) in [7, 11) is 0. The molecule has 2 rings (SSSR count). The van der Waals surface area contributed by atoms with Crippen molar-refractivity contribution in [2.45, 2.75) is 0 Å². The quantitative estimate of drug-likeness (QED) is 0.699. The molecule has 3 nitrogen and oxygen atoms in total. The van der Waals surface area contributed by atoms with E-state index in [9.17, 15) is 4.79 Å². The van der Waals surface area contributed by atoms with Crippen LogP contribution in [0.25, 0.3) is 0 Å². The van der Waals surface area contributed by atoms with Gasteiger partial charge in [-0.15, -0.1) is 0 Å². The van der Waals surface area contributed by atoms with Gasteiger partial charge >= 0.3 is 0 Å². The lowest BCUT2D eigenvalue weighted by Crippen LogP contribution is -1.99. The molecule has 0 heterocycles. The second kappa shape index (κ2) is 6.50. The molecule has 2 aromatic rings. The first-order valence-corrected chi connectivity index (χ1v) is 4.53. The number of hydrogen-bond acceptors (Lipinski definition) is 1. The standard InChI is InChI=1S/C13H10O.2H2O/c14-13(11-7-3-1-4-8-11)12-9-5-2-6-10-12;;/h1-10H;2*1H2. The van der Waals surface area contributed by atoms with Crippen molar-refractivity contribution in [2.75, 3.05) is 0 Å². The van der Waals surface area contributed by atoms with Crippen LogP contribution >= 0.6 is 0 Å². The first-order valence-electron chi connectivity index (χ1n) is 4.53. The summed E-state index contributed by atoms with van der Waals surface area (Å²) in [6.45, 7) is 0. The molecule has 84 valence electrons. The number of carbonyl (C=O) groups excluding carboxylic acids is 1. The number of benzene rings is 2. The normalized spacial score (nSPS) is 8.50. The van der Waals surface area contributed by atoms with Gasteiger partial charge in [0.2, 0.25) is 0 Å². The monoisotopic (exact) mass is 218 g/mol. The molecule has 0 aromatic heterocycles. The van der Waals surface area contributed by atoms with Crippen LogP contribution in [-0.2, 0) is 0 Å². The van der Waals surface area contributed by atoms with Crippen molar-refractivity contribution in [1.29, 1.82) is 0 Å². The van der Waals surface area contributed by atoms with Gasteiger partial charge in [0.15, 0.2) is 5.78 Å². The SMILES string of the molecule is O.O.O=C(c1ccccc1)c1ccccc1. The van der Waals surface area contributed by atoms with Crippen molar-refractivity contribution in [3.8, 4) is 0 Å². The molecule has 0 bridgehead atoms. The highest BCUT2D eigenvalue weighted by Crippen LogP contribution is 2.08. The van der Waals surface area contributed by atoms with Gasteiger partial charge in [0.1, 0.15) is 0 Å². The predicted octanol–water partition coefficient (Wildman–Crippen LogP) is 1.27. The minimum absolute atomic E-state index is 0. The summed E-state index contributed by atoms with van der Waals surface area (Å²) in [4.78, 5) is 11.8. The Labute approximate surface area is 94.0 Å². The molecule has 0 radical (unpaired) electrons. The second-order valence-electron chi connectivity index (χ2n) is 3.06. The van der Waals surface area contributed by atoms with E-state index in [1.54, 1.807) is 0 Å². The molecule has 4 N–H and O–H groups in total. The van der Waals surface area contributed by atoms with E-state index < -0.39 is 0 Å². The van der Waals surface area contributed by atoms with Crippen LogP contribution in [0.1, 0.15) is 15.9 Å². The van der Waals surface area contributed by atoms with Crippen LogP contribution in [0, 0.1) is 0 Å². The van der Waals surface area contributed by atoms with Gasteiger partial charge in [-0.3, -0.25) is 4.79 Å². The number of carbonyl (C=O) groups is 1. The molecular formula is C13H14O3. The van der Waals surface area contributed by atoms with E-state index >= 15 is 0 Å². The Bertz CT molecular complexity index is 382. The molecule has 0 saturated heterocycles. The lowest BCUT2D eigenvalue weighted by molar-refractivity contribution is 0.103. The van der Waals surface area contributed by atoms with Crippen molar-refractivity contribution in [3.05, 3.63) is 71.8 Å². The summed E-state index contributed by atoms with van der Waals surface area (Å²) < 4.78 is 0. The van der Waals surface area contributed by atoms with E-state index in [1.807, 2.05) is 60.7 Å². The third-order valence-electron chi connectivity index (χ3n) is 2.07. The average molecular weight is 218 g/mol. The van der Waals surface area contributed by atoms with Gasteiger partial charge in [-0.2, -0.15) is 0 Å². The molecular weight excluding hydrogens is 204 g/mol. The lowest BCUT2D eigenvalue weighted by Gasteiger charge is -1.99. The largest absolute Gasteiger partial charge is 0.412 e. The Hall–Kier alpha value is -1.97. The zero-order chi connectivity index (χ0) is 9.80. The van der Waals surface area contributed by atoms with E-state index in [1.165, 1.54) is 0 Å². The summed E-state index contributed by atoms with van der Waals surface area (Å²) >= 11 is 0. The molecule has 0 saturated carbocycles. The number of rotatable bonds is 2. The van der Waals surface area contributed by atoms with E-state index in [0.29, 0.717) is 0 Å². The molecule has 0 aliphatic carbocycles. The van der Waals surface area contributed by atoms with Gasteiger partial charge in [-0.05, 0) is 0 Å². The smallest absolute Gasteiger partial charge is 0.193 e. The van der Waals surface area contributed by atoms with Gasteiger partial charge in [-0.1, -0.05) is 60.7 Å². The Kier molecular flexibility index (Phi) is 5.70. The molecule has 3 heteroatoms. The Morgan fingerprint density at radius 1 is 0.625 bits per heavy atom. The highest BCUT2D eigenvalue weighted by Gasteiger charge is 2.06. The molecule has 0 aliphatic rings. The van der Waals surface area contributed by atoms with Crippen molar-refractivity contribution >= 4 is 5.78 Å². The summed E-state index contributed by atoms with van der Waals surface area (Å²) in [5, 5.41) is 0. The van der Waals surface area contributed by atoms with Gasteiger partial charge < -0.3 is 11.0 Å². The van der Waals surface area contributed by atoms with Crippen molar-refractivity contribution in [1.82, 2.24) is 0 Å². The lowest BCUT2D eigenvalue weighted by atomic mass is 10.0. The fourth-order valence-electron chi connectivity index (χ4n) is 1.35. The van der Waals surface area contributed by atoms with Gasteiger partial charge in [-0.25, -0.2) is 0 Å². The topological polar surface area (TPSA) is 80.1 Å². The molecule has 0 amide bonds. The predicted molar refractivity (Wildman–Crippen MR) is 63.5 cm³/mol. The van der Waals surface area contributed by atoms with Crippen LogP contribution in [0.15, 0.2) is 60.7 Å². The van der Waals surface area contributed by atoms with Crippen LogP contribution in [0.2, 0.25) is 0 Å². The minimum Gasteiger partial charge on any atom is -0.412 e. The fraction of sp³-hybridized carbons (Fsp3) is 0. The van der Waals surface area contributed by atoms with Crippen LogP contribution in [0.4, 0.5) is 0 Å². The van der Waals surface area contributed by atoms with E-state index in [0.717, 1.165) is 11.1 Å². The van der Waals surface area contributed by atoms with Gasteiger partial charge in [0.25, 0.3) is 0 Å². The number of ketones is 1. The van der Waals surface area contributed by atoms with E-state index in [4.69, 9.17) is 0 Å². The first-order chi connectivity index (χ1) is 6.88. The highest BCUT2D eigenvalue weighted by molar-refractivity contribution is 6.08. The molecule has 0 spiro atoms. The summed E-state index contributed by atoms with van der Waals surface area (Å²) in [5.74, 6) is 0.0752. The van der Waals surface area contributed by atoms with Gasteiger partial charge in [0, 0.05) is 11.1 Å². The first kappa shape index (κ1) is 14.0. The summed E-state index contributed by atoms with van der Waals surface area (Å²) in [5.41, 5.74) is 1.47. The van der Waals surface area contributed by atoms with Crippen molar-refractivity contribution < 1.29 is 15.7 Å². The van der Waals surface area contributed by atoms with Gasteiger partial charge in [0.05, 0.1) is 0 Å². The third kappa shape index (κ3) is 3.02. The maximum atomic E-state index is 11.8. The Morgan fingerprint density at radius 2 is 0.938 bits per heavy atom. The molecule has 0 unspecified atom stereocenters. The minimum atomic E-state index is 0. The van der Waals surface area contributed by atoms with Crippen molar-refractivity contribution in [3.63, 3.8) is 0 Å². The van der Waals surface area contributed by atoms with Crippen molar-refractivity contribution in [2.24, 2.45) is 0 Å². The van der Waals surface area contributed by atoms with Crippen LogP contribution in [0.3, 0.4) is 0 Å². The van der Waals surface area contributed by atoms with Crippen LogP contribution in [0.5, 0.6) is 0 Å². The summed E-state index contributed by atoms with van der Waals surface area (Å²) in [6, 6.07) is 18.6. The second-order valence-corrected chi connectivity index (χ2v) is 3.06. The van der Waals surface area contributed by atoms with Crippen LogP contribution in [-0.4, -0.2) is 16.7 Å². The fourth-order valence-corrected chi connectivity index (χ4v) is 1.35. The number of hydrogen-bond donors (Lipinski definition) is 0. The molecule has 2 aromatic carbocycles. The average Bonchev–Trinajstić information content (AvgIpc) is 2.30. The molecule has 0 atom stereocenters. The highest BCUT2D eigenvalue weighted by atomic mass is 16.1. The Morgan fingerprint density at radius 3 is 1.25 bits per heavy atom. The maximum absolute atomic E-state index is 11.8. The van der Waals surface area contributed by atoms with Crippen LogP contribution < -0.4 is 0 Å². The summed E-state index contributed by atoms with van der Waals surface area (Å²) in [6.07, 6.45) is 0. The molecule has 0 fully saturated rings. The van der Waals surface area contributed by atoms with E-state index in [2.05, 4.69) is 0 Å². The maximum Gasteiger partial charge on any atom is 0.193 e. The zero-order valence-corrected chi connectivity index (χ0v) is 8.68. The Balaban J connectivity index is 0.00000112. The zero-order valence-electron chi connectivity index (χ0n) is 8.68.